The van der Waals surface area contributed by atoms with Gasteiger partial charge in [-0.3, -0.25) is 4.79 Å². The molecule has 0 aromatic rings. The molecule has 0 bridgehead atoms. The molecular formula is C9H19N3O. The minimum Gasteiger partial charge on any atom is -0.370 e. The molecular weight excluding hydrogens is 166 g/mol. The third-order valence-electron chi connectivity index (χ3n) is 2.58. The van der Waals surface area contributed by atoms with E-state index in [0.29, 0.717) is 6.42 Å². The number of carbonyl (C=O) groups is 1. The Bertz CT molecular complexity index is 195. The smallest absolute Gasteiger partial charge is 0.219 e. The van der Waals surface area contributed by atoms with Crippen LogP contribution in [0.15, 0.2) is 0 Å². The maximum Gasteiger partial charge on any atom is 0.219 e. The van der Waals surface area contributed by atoms with Crippen molar-refractivity contribution in [3.05, 3.63) is 0 Å². The number of hydrogen-bond donors (Lipinski definition) is 2. The maximum absolute atomic E-state index is 10.8. The summed E-state index contributed by atoms with van der Waals surface area (Å²) in [7, 11) is 2.04. The van der Waals surface area contributed by atoms with Crippen LogP contribution in [0, 0.1) is 0 Å². The predicted octanol–water partition coefficient (Wildman–Crippen LogP) is -0.325. The Labute approximate surface area is 79.3 Å². The summed E-state index contributed by atoms with van der Waals surface area (Å²) in [6.07, 6.45) is 3.46. The normalized spacial score (nSPS) is 31.2. The zero-order valence-electron chi connectivity index (χ0n) is 8.25. The van der Waals surface area contributed by atoms with Gasteiger partial charge in [-0.15, -0.1) is 0 Å². The van der Waals surface area contributed by atoms with E-state index in [9.17, 15) is 4.79 Å². The lowest BCUT2D eigenvalue weighted by Gasteiger charge is -2.29. The molecule has 1 fully saturated rings. The molecule has 1 aliphatic rings. The van der Waals surface area contributed by atoms with Crippen molar-refractivity contribution in [2.75, 3.05) is 20.1 Å². The van der Waals surface area contributed by atoms with E-state index in [4.69, 9.17) is 11.5 Å². The van der Waals surface area contributed by atoms with Gasteiger partial charge in [0.1, 0.15) is 0 Å². The van der Waals surface area contributed by atoms with Gasteiger partial charge in [-0.2, -0.15) is 0 Å². The maximum atomic E-state index is 10.8. The predicted molar refractivity (Wildman–Crippen MR) is 52.1 cm³/mol. The van der Waals surface area contributed by atoms with E-state index in [1.807, 2.05) is 7.05 Å². The first-order valence-electron chi connectivity index (χ1n) is 4.78. The quantitative estimate of drug-likeness (QED) is 0.619. The van der Waals surface area contributed by atoms with Crippen molar-refractivity contribution in [1.29, 1.82) is 0 Å². The number of likely N-dealkylation sites (tertiary alicyclic amines) is 1. The van der Waals surface area contributed by atoms with E-state index in [1.165, 1.54) is 0 Å². The monoisotopic (exact) mass is 185 g/mol. The van der Waals surface area contributed by atoms with Crippen molar-refractivity contribution >= 4 is 5.91 Å². The van der Waals surface area contributed by atoms with Crippen LogP contribution in [0.3, 0.4) is 0 Å². The summed E-state index contributed by atoms with van der Waals surface area (Å²) in [5, 5.41) is 0. The molecule has 0 spiro atoms. The van der Waals surface area contributed by atoms with Crippen LogP contribution in [0.2, 0.25) is 0 Å². The molecule has 1 heterocycles. The van der Waals surface area contributed by atoms with E-state index >= 15 is 0 Å². The molecule has 1 saturated heterocycles. The second kappa shape index (κ2) is 4.07. The molecule has 4 heteroatoms. The van der Waals surface area contributed by atoms with Crippen molar-refractivity contribution < 1.29 is 4.79 Å². The van der Waals surface area contributed by atoms with Gasteiger partial charge in [0.2, 0.25) is 5.91 Å². The van der Waals surface area contributed by atoms with Gasteiger partial charge in [0.15, 0.2) is 0 Å². The summed E-state index contributed by atoms with van der Waals surface area (Å²) in [5.74, 6) is -0.294. The van der Waals surface area contributed by atoms with Crippen molar-refractivity contribution in [3.8, 4) is 0 Å². The molecule has 1 aliphatic heterocycles. The van der Waals surface area contributed by atoms with Gasteiger partial charge in [0, 0.05) is 18.5 Å². The molecule has 0 aromatic carbocycles. The first-order valence-corrected chi connectivity index (χ1v) is 4.78. The molecule has 1 amide bonds. The van der Waals surface area contributed by atoms with Gasteiger partial charge in [-0.1, -0.05) is 6.42 Å². The van der Waals surface area contributed by atoms with Gasteiger partial charge in [-0.25, -0.2) is 0 Å². The average Bonchev–Trinajstić information content (AvgIpc) is 2.09. The molecule has 0 aromatic heterocycles. The first-order chi connectivity index (χ1) is 6.02. The highest BCUT2D eigenvalue weighted by Gasteiger charge is 2.30. The number of hydrogen-bond acceptors (Lipinski definition) is 3. The van der Waals surface area contributed by atoms with Crippen LogP contribution in [-0.4, -0.2) is 36.5 Å². The van der Waals surface area contributed by atoms with E-state index < -0.39 is 5.54 Å². The van der Waals surface area contributed by atoms with Crippen LogP contribution >= 0.6 is 0 Å². The second-order valence-corrected chi connectivity index (χ2v) is 4.20. The number of amides is 1. The van der Waals surface area contributed by atoms with Crippen LogP contribution in [0.1, 0.15) is 25.7 Å². The summed E-state index contributed by atoms with van der Waals surface area (Å²) in [6.45, 7) is 1.84. The van der Waals surface area contributed by atoms with Crippen LogP contribution in [0.5, 0.6) is 0 Å². The number of carbonyl (C=O) groups excluding carboxylic acids is 1. The Hall–Kier alpha value is -0.610. The Kier molecular flexibility index (Phi) is 3.27. The number of likely N-dealkylation sites (N-methyl/N-ethyl adjacent to an activating group) is 1. The van der Waals surface area contributed by atoms with Gasteiger partial charge in [0.25, 0.3) is 0 Å². The van der Waals surface area contributed by atoms with Crippen LogP contribution in [-0.2, 0) is 4.79 Å². The zero-order chi connectivity index (χ0) is 9.90. The Balaban J connectivity index is 2.57. The Morgan fingerprint density at radius 1 is 1.54 bits per heavy atom. The highest BCUT2D eigenvalue weighted by molar-refractivity contribution is 5.75. The summed E-state index contributed by atoms with van der Waals surface area (Å²) in [5.41, 5.74) is 10.9. The van der Waals surface area contributed by atoms with Crippen LogP contribution < -0.4 is 11.5 Å². The van der Waals surface area contributed by atoms with Gasteiger partial charge in [0.05, 0.1) is 0 Å². The molecule has 1 rings (SSSR count). The van der Waals surface area contributed by atoms with Gasteiger partial charge >= 0.3 is 0 Å². The zero-order valence-corrected chi connectivity index (χ0v) is 8.25. The van der Waals surface area contributed by atoms with Crippen molar-refractivity contribution in [3.63, 3.8) is 0 Å². The SMILES string of the molecule is CN1CCCCC(N)(CC(N)=O)C1. The summed E-state index contributed by atoms with van der Waals surface area (Å²) in [6, 6.07) is 0. The molecule has 1 unspecified atom stereocenters. The largest absolute Gasteiger partial charge is 0.370 e. The lowest BCUT2D eigenvalue weighted by Crippen LogP contribution is -2.50. The second-order valence-electron chi connectivity index (χ2n) is 4.20. The number of nitrogens with zero attached hydrogens (tertiary/aromatic N) is 1. The third-order valence-corrected chi connectivity index (χ3v) is 2.58. The average molecular weight is 185 g/mol. The van der Waals surface area contributed by atoms with Gasteiger partial charge < -0.3 is 16.4 Å². The summed E-state index contributed by atoms with van der Waals surface area (Å²) in [4.78, 5) is 13.0. The molecule has 0 saturated carbocycles. The summed E-state index contributed by atoms with van der Waals surface area (Å²) >= 11 is 0. The van der Waals surface area contributed by atoms with E-state index in [0.717, 1.165) is 32.4 Å². The van der Waals surface area contributed by atoms with Crippen LogP contribution in [0.25, 0.3) is 0 Å². The molecule has 13 heavy (non-hydrogen) atoms. The van der Waals surface area contributed by atoms with Crippen LogP contribution in [0.4, 0.5) is 0 Å². The minimum absolute atomic E-state index is 0.294. The fourth-order valence-corrected chi connectivity index (χ4v) is 2.05. The highest BCUT2D eigenvalue weighted by Crippen LogP contribution is 2.20. The summed E-state index contributed by atoms with van der Waals surface area (Å²) < 4.78 is 0. The van der Waals surface area contributed by atoms with E-state index in [-0.39, 0.29) is 5.91 Å². The minimum atomic E-state index is -0.392. The lowest BCUT2D eigenvalue weighted by atomic mass is 9.91. The molecule has 0 radical (unpaired) electrons. The fraction of sp³-hybridized carbons (Fsp3) is 0.889. The fourth-order valence-electron chi connectivity index (χ4n) is 2.05. The Morgan fingerprint density at radius 3 is 2.85 bits per heavy atom. The van der Waals surface area contributed by atoms with E-state index in [1.54, 1.807) is 0 Å². The lowest BCUT2D eigenvalue weighted by molar-refractivity contribution is -0.119. The van der Waals surface area contributed by atoms with Gasteiger partial charge in [-0.05, 0) is 26.4 Å². The highest BCUT2D eigenvalue weighted by atomic mass is 16.1. The van der Waals surface area contributed by atoms with Crippen molar-refractivity contribution in [2.24, 2.45) is 11.5 Å². The Morgan fingerprint density at radius 2 is 2.23 bits per heavy atom. The topological polar surface area (TPSA) is 72.3 Å². The molecule has 0 aliphatic carbocycles. The number of nitrogens with two attached hydrogens (primary N) is 2. The molecule has 76 valence electrons. The van der Waals surface area contributed by atoms with Crippen molar-refractivity contribution in [2.45, 2.75) is 31.2 Å². The number of rotatable bonds is 2. The number of primary amides is 1. The molecule has 1 atom stereocenters. The van der Waals surface area contributed by atoms with E-state index in [2.05, 4.69) is 4.90 Å². The molecule has 4 N–H and O–H groups in total. The van der Waals surface area contributed by atoms with Crippen molar-refractivity contribution in [1.82, 2.24) is 4.90 Å². The standard InChI is InChI=1S/C9H19N3O/c1-12-5-3-2-4-9(11,7-12)6-8(10)13/h2-7,11H2,1H3,(H2,10,13). The third kappa shape index (κ3) is 3.32. The first kappa shape index (κ1) is 10.5. The molecule has 4 nitrogen and oxygen atoms in total.